The molecule has 0 aliphatic carbocycles. The first kappa shape index (κ1) is 17.4. The predicted octanol–water partition coefficient (Wildman–Crippen LogP) is 4.54. The van der Waals surface area contributed by atoms with Crippen LogP contribution < -0.4 is 15.4 Å². The Morgan fingerprint density at radius 3 is 2.35 bits per heavy atom. The Bertz CT molecular complexity index is 703. The molecule has 2 aromatic carbocycles. The molecule has 0 unspecified atom stereocenters. The third-order valence-corrected chi connectivity index (χ3v) is 3.58. The lowest BCUT2D eigenvalue weighted by Crippen LogP contribution is -2.30. The number of carbonyl (C=O) groups is 1. The van der Waals surface area contributed by atoms with E-state index in [1.165, 1.54) is 13.2 Å². The largest absolute Gasteiger partial charge is 0.494 e. The fraction of sp³-hybridized carbons (Fsp3) is 0.133. The summed E-state index contributed by atoms with van der Waals surface area (Å²) in [5, 5.41) is 4.81. The minimum absolute atomic E-state index is 0.0733. The van der Waals surface area contributed by atoms with E-state index in [1.54, 1.807) is 24.3 Å². The molecule has 8 heteroatoms. The molecule has 0 fully saturated rings. The van der Waals surface area contributed by atoms with Crippen LogP contribution in [0.1, 0.15) is 0 Å². The van der Waals surface area contributed by atoms with Gasteiger partial charge in [-0.05, 0) is 59.0 Å². The molecule has 0 saturated heterocycles. The number of rotatable bonds is 4. The molecule has 0 heterocycles. The van der Waals surface area contributed by atoms with Crippen molar-refractivity contribution in [3.05, 3.63) is 46.0 Å². The summed E-state index contributed by atoms with van der Waals surface area (Å²) in [6.07, 6.45) is -4.99. The minimum Gasteiger partial charge on any atom is -0.494 e. The lowest BCUT2D eigenvalue weighted by Gasteiger charge is -2.17. The van der Waals surface area contributed by atoms with E-state index in [1.807, 2.05) is 17.4 Å². The van der Waals surface area contributed by atoms with Gasteiger partial charge < -0.3 is 15.4 Å². The van der Waals surface area contributed by atoms with E-state index >= 15 is 0 Å². The second-order valence-electron chi connectivity index (χ2n) is 4.47. The van der Waals surface area contributed by atoms with Crippen LogP contribution in [0.2, 0.25) is 0 Å². The van der Waals surface area contributed by atoms with Gasteiger partial charge in [-0.25, -0.2) is 0 Å². The number of hydrogen-bond donors (Lipinski definition) is 2. The van der Waals surface area contributed by atoms with Crippen LogP contribution in [-0.4, -0.2) is 19.2 Å². The molecule has 2 aromatic rings. The Balaban J connectivity index is 2.35. The van der Waals surface area contributed by atoms with Crippen molar-refractivity contribution in [3.8, 4) is 5.75 Å². The number of methoxy groups -OCH3 is 1. The van der Waals surface area contributed by atoms with Crippen molar-refractivity contribution in [1.82, 2.24) is 0 Å². The van der Waals surface area contributed by atoms with E-state index in [0.29, 0.717) is 11.4 Å². The fourth-order valence-electron chi connectivity index (χ4n) is 1.81. The summed E-state index contributed by atoms with van der Waals surface area (Å²) in [4.78, 5) is 11.2. The van der Waals surface area contributed by atoms with Gasteiger partial charge in [0.25, 0.3) is 0 Å². The molecule has 0 spiro atoms. The molecule has 2 rings (SSSR count). The first-order chi connectivity index (χ1) is 10.8. The molecule has 0 bridgehead atoms. The monoisotopic (exact) mass is 436 g/mol. The molecule has 23 heavy (non-hydrogen) atoms. The van der Waals surface area contributed by atoms with Gasteiger partial charge >= 0.3 is 12.1 Å². The lowest BCUT2D eigenvalue weighted by atomic mass is 10.2. The van der Waals surface area contributed by atoms with Crippen molar-refractivity contribution in [1.29, 1.82) is 0 Å². The van der Waals surface area contributed by atoms with Gasteiger partial charge in [-0.3, -0.25) is 4.79 Å². The number of alkyl halides is 3. The summed E-state index contributed by atoms with van der Waals surface area (Å²) in [6.45, 7) is 0. The normalized spacial score (nSPS) is 11.0. The highest BCUT2D eigenvalue weighted by Crippen LogP contribution is 2.35. The lowest BCUT2D eigenvalue weighted by molar-refractivity contribution is -0.167. The molecule has 1 amide bonds. The highest BCUT2D eigenvalue weighted by molar-refractivity contribution is 14.1. The Hall–Kier alpha value is -1.97. The molecule has 0 aliphatic rings. The molecule has 0 radical (unpaired) electrons. The molecule has 122 valence electrons. The van der Waals surface area contributed by atoms with E-state index in [9.17, 15) is 18.0 Å². The van der Waals surface area contributed by atoms with Crippen molar-refractivity contribution in [3.63, 3.8) is 0 Å². The van der Waals surface area contributed by atoms with Crippen LogP contribution in [0.25, 0.3) is 0 Å². The van der Waals surface area contributed by atoms with Crippen molar-refractivity contribution in [2.45, 2.75) is 6.18 Å². The first-order valence-corrected chi connectivity index (χ1v) is 7.47. The number of halogens is 4. The summed E-state index contributed by atoms with van der Waals surface area (Å²) >= 11 is 2.14. The number of anilines is 3. The third kappa shape index (κ3) is 4.50. The zero-order valence-corrected chi connectivity index (χ0v) is 14.0. The zero-order chi connectivity index (χ0) is 17.0. The van der Waals surface area contributed by atoms with Gasteiger partial charge in [0.05, 0.1) is 12.8 Å². The van der Waals surface area contributed by atoms with Crippen LogP contribution in [-0.2, 0) is 4.79 Å². The molecule has 2 N–H and O–H groups in total. The van der Waals surface area contributed by atoms with Crippen LogP contribution in [0.15, 0.2) is 42.5 Å². The summed E-state index contributed by atoms with van der Waals surface area (Å²) in [6, 6.07) is 11.9. The molecule has 0 aliphatic heterocycles. The minimum atomic E-state index is -4.99. The molecular weight excluding hydrogens is 424 g/mol. The number of amides is 1. The van der Waals surface area contributed by atoms with E-state index in [4.69, 9.17) is 4.74 Å². The topological polar surface area (TPSA) is 50.4 Å². The van der Waals surface area contributed by atoms with E-state index in [-0.39, 0.29) is 11.4 Å². The van der Waals surface area contributed by atoms with Crippen LogP contribution in [0.4, 0.5) is 30.2 Å². The summed E-state index contributed by atoms with van der Waals surface area (Å²) in [5.74, 6) is -1.94. The Labute approximate surface area is 144 Å². The predicted molar refractivity (Wildman–Crippen MR) is 90.1 cm³/mol. The third-order valence-electron chi connectivity index (χ3n) is 2.87. The Morgan fingerprint density at radius 1 is 1.13 bits per heavy atom. The standard InChI is InChI=1S/C15H12F3IN2O2/c1-23-12-4-2-3-11(13(12)21-14(22)15(16,17)18)20-10-7-5-9(19)6-8-10/h2-8,20H,1H3,(H,21,22). The van der Waals surface area contributed by atoms with Crippen molar-refractivity contribution >= 4 is 45.6 Å². The highest BCUT2D eigenvalue weighted by Gasteiger charge is 2.39. The summed E-state index contributed by atoms with van der Waals surface area (Å²) < 4.78 is 43.5. The Kier molecular flexibility index (Phi) is 5.34. The van der Waals surface area contributed by atoms with Gasteiger partial charge in [-0.2, -0.15) is 13.2 Å². The average Bonchev–Trinajstić information content (AvgIpc) is 2.50. The second-order valence-corrected chi connectivity index (χ2v) is 5.71. The van der Waals surface area contributed by atoms with Crippen LogP contribution in [0, 0.1) is 3.57 Å². The van der Waals surface area contributed by atoms with Gasteiger partial charge in [0.2, 0.25) is 0 Å². The number of hydrogen-bond acceptors (Lipinski definition) is 3. The van der Waals surface area contributed by atoms with Gasteiger partial charge in [-0.1, -0.05) is 6.07 Å². The molecule has 4 nitrogen and oxygen atoms in total. The molecule has 0 saturated carbocycles. The number of carbonyl (C=O) groups excluding carboxylic acids is 1. The summed E-state index contributed by atoms with van der Waals surface area (Å²) in [5.41, 5.74) is 0.889. The molecule has 0 atom stereocenters. The number of benzene rings is 2. The zero-order valence-electron chi connectivity index (χ0n) is 11.9. The SMILES string of the molecule is COc1cccc(Nc2ccc(I)cc2)c1NC(=O)C(F)(F)F. The average molecular weight is 436 g/mol. The number of para-hydroxylation sites is 1. The van der Waals surface area contributed by atoms with Crippen molar-refractivity contribution in [2.75, 3.05) is 17.7 Å². The number of ether oxygens (including phenoxy) is 1. The van der Waals surface area contributed by atoms with E-state index < -0.39 is 12.1 Å². The fourth-order valence-corrected chi connectivity index (χ4v) is 2.17. The maximum absolute atomic E-state index is 12.5. The van der Waals surface area contributed by atoms with Crippen LogP contribution >= 0.6 is 22.6 Å². The molecular formula is C15H12F3IN2O2. The van der Waals surface area contributed by atoms with Crippen LogP contribution in [0.5, 0.6) is 5.75 Å². The number of nitrogens with one attached hydrogen (secondary N) is 2. The van der Waals surface area contributed by atoms with E-state index in [2.05, 4.69) is 27.9 Å². The maximum atomic E-state index is 12.5. The maximum Gasteiger partial charge on any atom is 0.471 e. The highest BCUT2D eigenvalue weighted by atomic mass is 127. The smallest absolute Gasteiger partial charge is 0.471 e. The Morgan fingerprint density at radius 2 is 1.78 bits per heavy atom. The van der Waals surface area contributed by atoms with Gasteiger partial charge in [-0.15, -0.1) is 0 Å². The van der Waals surface area contributed by atoms with E-state index in [0.717, 1.165) is 3.57 Å². The van der Waals surface area contributed by atoms with Crippen molar-refractivity contribution in [2.24, 2.45) is 0 Å². The summed E-state index contributed by atoms with van der Waals surface area (Å²) in [7, 11) is 1.31. The first-order valence-electron chi connectivity index (χ1n) is 6.39. The van der Waals surface area contributed by atoms with Gasteiger partial charge in [0, 0.05) is 9.26 Å². The van der Waals surface area contributed by atoms with Gasteiger partial charge in [0.15, 0.2) is 0 Å². The second kappa shape index (κ2) is 7.07. The van der Waals surface area contributed by atoms with Crippen molar-refractivity contribution < 1.29 is 22.7 Å². The molecule has 0 aromatic heterocycles. The quantitative estimate of drug-likeness (QED) is 0.693. The van der Waals surface area contributed by atoms with Crippen LogP contribution in [0.3, 0.4) is 0 Å². The van der Waals surface area contributed by atoms with Gasteiger partial charge in [0.1, 0.15) is 11.4 Å².